The first-order chi connectivity index (χ1) is 15.7. The molecular formula is C21H18F2N6O3S. The summed E-state index contributed by atoms with van der Waals surface area (Å²) >= 11 is 0. The molecule has 1 saturated carbocycles. The number of alkyl halides is 2. The Morgan fingerprint density at radius 3 is 2.61 bits per heavy atom. The fraction of sp³-hybridized carbons (Fsp3) is 0.286. The lowest BCUT2D eigenvalue weighted by molar-refractivity contribution is 0.139. The highest BCUT2D eigenvalue weighted by molar-refractivity contribution is 7.89. The lowest BCUT2D eigenvalue weighted by atomic mass is 10.1. The zero-order valence-corrected chi connectivity index (χ0v) is 18.4. The number of hydrogen-bond acceptors (Lipinski definition) is 8. The quantitative estimate of drug-likeness (QED) is 0.552. The van der Waals surface area contributed by atoms with Crippen LogP contribution in [0.1, 0.15) is 48.0 Å². The minimum atomic E-state index is -3.98. The summed E-state index contributed by atoms with van der Waals surface area (Å²) in [5.41, 5.74) is 1.52. The second-order valence-corrected chi connectivity index (χ2v) is 9.19. The van der Waals surface area contributed by atoms with E-state index in [1.807, 2.05) is 6.07 Å². The van der Waals surface area contributed by atoms with Gasteiger partial charge in [0.2, 0.25) is 15.9 Å². The molecule has 0 bridgehead atoms. The molecule has 0 saturated heterocycles. The Balaban J connectivity index is 1.86. The Bertz CT molecular complexity index is 1370. The van der Waals surface area contributed by atoms with Crippen LogP contribution in [0.15, 0.2) is 35.5 Å². The first kappa shape index (κ1) is 22.6. The van der Waals surface area contributed by atoms with Crippen LogP contribution < -0.4 is 9.46 Å². The van der Waals surface area contributed by atoms with Gasteiger partial charge < -0.3 is 4.74 Å². The van der Waals surface area contributed by atoms with Gasteiger partial charge in [0, 0.05) is 23.9 Å². The van der Waals surface area contributed by atoms with Crippen molar-refractivity contribution in [3.63, 3.8) is 0 Å². The summed E-state index contributed by atoms with van der Waals surface area (Å²) in [7, 11) is -2.73. The van der Waals surface area contributed by atoms with E-state index in [0.717, 1.165) is 12.8 Å². The van der Waals surface area contributed by atoms with Crippen molar-refractivity contribution in [2.45, 2.75) is 37.0 Å². The van der Waals surface area contributed by atoms with Crippen molar-refractivity contribution in [3.8, 4) is 29.0 Å². The summed E-state index contributed by atoms with van der Waals surface area (Å²) in [5.74, 6) is -0.861. The molecule has 1 N–H and O–H groups in total. The summed E-state index contributed by atoms with van der Waals surface area (Å²) in [6.45, 7) is 1.49. The van der Waals surface area contributed by atoms with E-state index < -0.39 is 22.3 Å². The van der Waals surface area contributed by atoms with Gasteiger partial charge in [-0.05, 0) is 45.0 Å². The largest absolute Gasteiger partial charge is 0.434 e. The van der Waals surface area contributed by atoms with Crippen molar-refractivity contribution in [2.24, 2.45) is 0 Å². The van der Waals surface area contributed by atoms with Crippen molar-refractivity contribution in [2.75, 3.05) is 7.05 Å². The van der Waals surface area contributed by atoms with Gasteiger partial charge in [-0.15, -0.1) is 0 Å². The van der Waals surface area contributed by atoms with E-state index >= 15 is 0 Å². The number of ether oxygens (including phenoxy) is 1. The lowest BCUT2D eigenvalue weighted by Gasteiger charge is -2.16. The molecule has 33 heavy (non-hydrogen) atoms. The van der Waals surface area contributed by atoms with Crippen LogP contribution in [-0.2, 0) is 10.0 Å². The predicted molar refractivity (Wildman–Crippen MR) is 112 cm³/mol. The van der Waals surface area contributed by atoms with Gasteiger partial charge >= 0.3 is 0 Å². The van der Waals surface area contributed by atoms with E-state index in [2.05, 4.69) is 24.7 Å². The molecule has 1 fully saturated rings. The first-order valence-electron chi connectivity index (χ1n) is 9.88. The second-order valence-electron chi connectivity index (χ2n) is 7.34. The van der Waals surface area contributed by atoms with Gasteiger partial charge in [0.05, 0.1) is 22.6 Å². The maximum atomic E-state index is 13.2. The molecule has 4 rings (SSSR count). The highest BCUT2D eigenvalue weighted by Crippen LogP contribution is 2.46. The highest BCUT2D eigenvalue weighted by Gasteiger charge is 2.33. The number of nitriles is 1. The Hall–Kier alpha value is -3.56. The third kappa shape index (κ3) is 4.64. The second kappa shape index (κ2) is 8.76. The predicted octanol–water partition coefficient (Wildman–Crippen LogP) is 3.63. The van der Waals surface area contributed by atoms with Gasteiger partial charge in [0.25, 0.3) is 6.43 Å². The summed E-state index contributed by atoms with van der Waals surface area (Å²) < 4.78 is 59.8. The summed E-state index contributed by atoms with van der Waals surface area (Å²) in [4.78, 5) is 15.9. The van der Waals surface area contributed by atoms with Gasteiger partial charge in [-0.1, -0.05) is 0 Å². The molecule has 3 aromatic heterocycles. The maximum Gasteiger partial charge on any atom is 0.297 e. The molecule has 1 aliphatic rings. The van der Waals surface area contributed by atoms with Crippen LogP contribution in [0.4, 0.5) is 8.78 Å². The number of aryl methyl sites for hydroxylation is 1. The van der Waals surface area contributed by atoms with Crippen molar-refractivity contribution < 1.29 is 21.9 Å². The van der Waals surface area contributed by atoms with Crippen LogP contribution in [-0.4, -0.2) is 35.4 Å². The topological polar surface area (TPSA) is 131 Å². The van der Waals surface area contributed by atoms with E-state index in [0.29, 0.717) is 22.5 Å². The highest BCUT2D eigenvalue weighted by atomic mass is 32.2. The molecule has 170 valence electrons. The number of rotatable bonds is 7. The van der Waals surface area contributed by atoms with Crippen LogP contribution in [0.5, 0.6) is 11.6 Å². The van der Waals surface area contributed by atoms with Crippen LogP contribution >= 0.6 is 0 Å². The van der Waals surface area contributed by atoms with Crippen LogP contribution in [0.3, 0.4) is 0 Å². The Kier molecular flexibility index (Phi) is 6.01. The molecule has 3 aromatic rings. The van der Waals surface area contributed by atoms with Crippen molar-refractivity contribution in [1.82, 2.24) is 24.7 Å². The van der Waals surface area contributed by atoms with Gasteiger partial charge in [-0.3, -0.25) is 4.98 Å². The third-order valence-corrected chi connectivity index (χ3v) is 6.41. The Labute approximate surface area is 188 Å². The molecule has 12 heteroatoms. The van der Waals surface area contributed by atoms with E-state index in [4.69, 9.17) is 10.00 Å². The number of nitrogens with one attached hydrogen (secondary N) is 1. The minimum absolute atomic E-state index is 0.0803. The fourth-order valence-corrected chi connectivity index (χ4v) is 3.96. The Morgan fingerprint density at radius 2 is 1.97 bits per heavy atom. The summed E-state index contributed by atoms with van der Waals surface area (Å²) in [6, 6.07) is 6.30. The normalized spacial score (nSPS) is 13.7. The maximum absolute atomic E-state index is 13.2. The molecule has 0 spiro atoms. The smallest absolute Gasteiger partial charge is 0.297 e. The van der Waals surface area contributed by atoms with Crippen LogP contribution in [0.2, 0.25) is 0 Å². The molecule has 9 nitrogen and oxygen atoms in total. The lowest BCUT2D eigenvalue weighted by Crippen LogP contribution is -2.20. The molecular weight excluding hydrogens is 454 g/mol. The average molecular weight is 472 g/mol. The van der Waals surface area contributed by atoms with Crippen LogP contribution in [0.25, 0.3) is 11.3 Å². The number of sulfonamides is 1. The molecule has 0 atom stereocenters. The third-order valence-electron chi connectivity index (χ3n) is 4.98. The molecule has 0 aliphatic heterocycles. The van der Waals surface area contributed by atoms with Crippen molar-refractivity contribution >= 4 is 10.0 Å². The van der Waals surface area contributed by atoms with E-state index in [9.17, 15) is 17.2 Å². The number of pyridine rings is 2. The SMILES string of the molecule is CNS(=O)(=O)c1ccc(-c2cncc(C#N)c2)nc1Oc1c(C)nc(C(F)F)nc1C1CC1. The van der Waals surface area contributed by atoms with Crippen LogP contribution in [0, 0.1) is 18.3 Å². The zero-order chi connectivity index (χ0) is 23.8. The van der Waals surface area contributed by atoms with Crippen molar-refractivity contribution in [1.29, 1.82) is 5.26 Å². The van der Waals surface area contributed by atoms with E-state index in [1.165, 1.54) is 38.5 Å². The number of hydrogen-bond donors (Lipinski definition) is 1. The van der Waals surface area contributed by atoms with Gasteiger partial charge in [0.1, 0.15) is 11.0 Å². The molecule has 0 aromatic carbocycles. The fourth-order valence-electron chi connectivity index (χ4n) is 3.18. The Morgan fingerprint density at radius 1 is 1.21 bits per heavy atom. The number of aromatic nitrogens is 4. The summed E-state index contributed by atoms with van der Waals surface area (Å²) in [6.07, 6.45) is 1.50. The van der Waals surface area contributed by atoms with Gasteiger partial charge in [0.15, 0.2) is 11.6 Å². The molecule has 0 unspecified atom stereocenters. The summed E-state index contributed by atoms with van der Waals surface area (Å²) in [5, 5.41) is 9.13. The van der Waals surface area contributed by atoms with Crippen molar-refractivity contribution in [3.05, 3.63) is 53.4 Å². The first-order valence-corrected chi connectivity index (χ1v) is 11.4. The van der Waals surface area contributed by atoms with Gasteiger partial charge in [-0.2, -0.15) is 5.26 Å². The number of halogens is 2. The van der Waals surface area contributed by atoms with E-state index in [-0.39, 0.29) is 28.1 Å². The molecule has 3 heterocycles. The zero-order valence-electron chi connectivity index (χ0n) is 17.6. The molecule has 0 radical (unpaired) electrons. The monoisotopic (exact) mass is 472 g/mol. The van der Waals surface area contributed by atoms with E-state index in [1.54, 1.807) is 6.07 Å². The average Bonchev–Trinajstić information content (AvgIpc) is 3.65. The number of nitrogens with zero attached hydrogens (tertiary/aromatic N) is 5. The van der Waals surface area contributed by atoms with Gasteiger partial charge in [-0.25, -0.2) is 36.9 Å². The standard InChI is InChI=1S/C21H18F2N6O3S/c1-11-18(17(13-3-4-13)29-20(27-11)19(22)23)32-21-16(33(30,31)25-2)6-5-15(28-21)14-7-12(8-24)9-26-10-14/h5-7,9-10,13,19,25H,3-4H2,1-2H3. The minimum Gasteiger partial charge on any atom is -0.434 e. The molecule has 0 amide bonds. The molecule has 1 aliphatic carbocycles.